The first kappa shape index (κ1) is 13.7. The number of nitrogens with two attached hydrogens (primary N) is 1. The summed E-state index contributed by atoms with van der Waals surface area (Å²) in [4.78, 5) is 0. The van der Waals surface area contributed by atoms with Gasteiger partial charge in [0.25, 0.3) is 0 Å². The van der Waals surface area contributed by atoms with Crippen molar-refractivity contribution in [2.24, 2.45) is 0 Å². The Hall–Kier alpha value is -1.69. The van der Waals surface area contributed by atoms with Gasteiger partial charge in [-0.15, -0.1) is 0 Å². The molecule has 2 aromatic carbocycles. The highest BCUT2D eigenvalue weighted by atomic mass is 79.9. The van der Waals surface area contributed by atoms with Crippen molar-refractivity contribution in [2.75, 3.05) is 11.1 Å². The molecule has 0 aliphatic heterocycles. The molecule has 0 heterocycles. The van der Waals surface area contributed by atoms with E-state index >= 15 is 0 Å². The standard InChI is InChI=1S/C13H10BrF3N2/c14-8-1-3-9(4-2-8)19-10-5-6-12(18)11(7-10)13(15,16)17/h1-7,19H,18H2. The van der Waals surface area contributed by atoms with Crippen LogP contribution in [0.5, 0.6) is 0 Å². The van der Waals surface area contributed by atoms with Crippen LogP contribution in [0.2, 0.25) is 0 Å². The fourth-order valence-corrected chi connectivity index (χ4v) is 1.84. The third-order valence-electron chi connectivity index (χ3n) is 2.49. The van der Waals surface area contributed by atoms with Gasteiger partial charge in [0.1, 0.15) is 0 Å². The van der Waals surface area contributed by atoms with Crippen molar-refractivity contribution in [3.05, 3.63) is 52.5 Å². The number of benzene rings is 2. The maximum Gasteiger partial charge on any atom is 0.418 e. The number of nitrogen functional groups attached to an aromatic ring is 1. The molecule has 0 amide bonds. The van der Waals surface area contributed by atoms with E-state index in [0.29, 0.717) is 11.4 Å². The second kappa shape index (κ2) is 5.13. The minimum absolute atomic E-state index is 0.283. The number of rotatable bonds is 2. The quantitative estimate of drug-likeness (QED) is 0.776. The molecule has 2 aromatic rings. The minimum atomic E-state index is -4.46. The maximum absolute atomic E-state index is 12.7. The first-order valence-corrected chi connectivity index (χ1v) is 6.15. The molecular formula is C13H10BrF3N2. The van der Waals surface area contributed by atoms with Gasteiger partial charge in [-0.25, -0.2) is 0 Å². The van der Waals surface area contributed by atoms with Crippen LogP contribution in [0.3, 0.4) is 0 Å². The molecule has 3 N–H and O–H groups in total. The molecule has 0 aliphatic carbocycles. The Morgan fingerprint density at radius 2 is 1.53 bits per heavy atom. The summed E-state index contributed by atoms with van der Waals surface area (Å²) in [5.74, 6) is 0. The lowest BCUT2D eigenvalue weighted by molar-refractivity contribution is -0.136. The summed E-state index contributed by atoms with van der Waals surface area (Å²) in [7, 11) is 0. The number of nitrogens with one attached hydrogen (secondary N) is 1. The average Bonchev–Trinajstić information content (AvgIpc) is 2.33. The average molecular weight is 331 g/mol. The summed E-state index contributed by atoms with van der Waals surface area (Å²) in [5, 5.41) is 2.89. The molecule has 2 nitrogen and oxygen atoms in total. The number of alkyl halides is 3. The Labute approximate surface area is 116 Å². The van der Waals surface area contributed by atoms with Gasteiger partial charge in [-0.3, -0.25) is 0 Å². The summed E-state index contributed by atoms with van der Waals surface area (Å²) in [6.07, 6.45) is -4.46. The minimum Gasteiger partial charge on any atom is -0.398 e. The van der Waals surface area contributed by atoms with Crippen molar-refractivity contribution in [3.63, 3.8) is 0 Å². The molecule has 19 heavy (non-hydrogen) atoms. The number of anilines is 3. The highest BCUT2D eigenvalue weighted by Gasteiger charge is 2.33. The van der Waals surface area contributed by atoms with E-state index in [-0.39, 0.29) is 5.69 Å². The van der Waals surface area contributed by atoms with Crippen LogP contribution >= 0.6 is 15.9 Å². The lowest BCUT2D eigenvalue weighted by atomic mass is 10.1. The molecule has 0 saturated heterocycles. The summed E-state index contributed by atoms with van der Waals surface area (Å²) in [6, 6.07) is 10.9. The fraction of sp³-hybridized carbons (Fsp3) is 0.0769. The van der Waals surface area contributed by atoms with E-state index in [4.69, 9.17) is 5.73 Å². The van der Waals surface area contributed by atoms with Gasteiger partial charge in [0.05, 0.1) is 5.56 Å². The maximum atomic E-state index is 12.7. The van der Waals surface area contributed by atoms with Gasteiger partial charge in [-0.1, -0.05) is 15.9 Å². The van der Waals surface area contributed by atoms with Crippen molar-refractivity contribution in [2.45, 2.75) is 6.18 Å². The number of halogens is 4. The topological polar surface area (TPSA) is 38.0 Å². The second-order valence-corrected chi connectivity index (χ2v) is 4.85. The smallest absolute Gasteiger partial charge is 0.398 e. The Kier molecular flexibility index (Phi) is 3.71. The van der Waals surface area contributed by atoms with Crippen LogP contribution in [0.25, 0.3) is 0 Å². The van der Waals surface area contributed by atoms with E-state index in [0.717, 1.165) is 10.5 Å². The molecule has 100 valence electrons. The lowest BCUT2D eigenvalue weighted by Crippen LogP contribution is -2.09. The molecule has 6 heteroatoms. The Morgan fingerprint density at radius 1 is 0.947 bits per heavy atom. The first-order chi connectivity index (χ1) is 8.86. The molecule has 0 unspecified atom stereocenters. The molecule has 0 fully saturated rings. The highest BCUT2D eigenvalue weighted by molar-refractivity contribution is 9.10. The molecule has 0 spiro atoms. The second-order valence-electron chi connectivity index (χ2n) is 3.93. The largest absolute Gasteiger partial charge is 0.418 e. The monoisotopic (exact) mass is 330 g/mol. The summed E-state index contributed by atoms with van der Waals surface area (Å²) in [5.41, 5.74) is 5.25. The highest BCUT2D eigenvalue weighted by Crippen LogP contribution is 2.35. The van der Waals surface area contributed by atoms with Gasteiger partial charge in [0.2, 0.25) is 0 Å². The first-order valence-electron chi connectivity index (χ1n) is 5.35. The predicted octanol–water partition coefficient (Wildman–Crippen LogP) is 4.79. The van der Waals surface area contributed by atoms with Crippen LogP contribution < -0.4 is 11.1 Å². The van der Waals surface area contributed by atoms with Crippen molar-refractivity contribution < 1.29 is 13.2 Å². The fourth-order valence-electron chi connectivity index (χ4n) is 1.58. The molecule has 0 atom stereocenters. The lowest BCUT2D eigenvalue weighted by Gasteiger charge is -2.13. The van der Waals surface area contributed by atoms with E-state index in [1.54, 1.807) is 24.3 Å². The van der Waals surface area contributed by atoms with Gasteiger partial charge in [0.15, 0.2) is 0 Å². The van der Waals surface area contributed by atoms with Crippen LogP contribution in [0.4, 0.5) is 30.2 Å². The van der Waals surface area contributed by atoms with Gasteiger partial charge in [0, 0.05) is 21.5 Å². The predicted molar refractivity (Wildman–Crippen MR) is 73.3 cm³/mol. The van der Waals surface area contributed by atoms with E-state index < -0.39 is 11.7 Å². The van der Waals surface area contributed by atoms with Crippen LogP contribution in [-0.4, -0.2) is 0 Å². The van der Waals surface area contributed by atoms with E-state index in [9.17, 15) is 13.2 Å². The molecule has 0 aromatic heterocycles. The normalized spacial score (nSPS) is 11.4. The Morgan fingerprint density at radius 3 is 2.11 bits per heavy atom. The van der Waals surface area contributed by atoms with Crippen molar-refractivity contribution in [1.82, 2.24) is 0 Å². The zero-order valence-corrected chi connectivity index (χ0v) is 11.2. The van der Waals surface area contributed by atoms with Crippen LogP contribution in [0.15, 0.2) is 46.9 Å². The molecule has 0 saturated carbocycles. The van der Waals surface area contributed by atoms with Crippen LogP contribution in [-0.2, 0) is 6.18 Å². The summed E-state index contributed by atoms with van der Waals surface area (Å²) < 4.78 is 39.0. The zero-order chi connectivity index (χ0) is 14.0. The van der Waals surface area contributed by atoms with Crippen molar-refractivity contribution >= 4 is 33.0 Å². The molecular weight excluding hydrogens is 321 g/mol. The van der Waals surface area contributed by atoms with Crippen molar-refractivity contribution in [3.8, 4) is 0 Å². The molecule has 0 bridgehead atoms. The molecule has 0 radical (unpaired) electrons. The van der Waals surface area contributed by atoms with Gasteiger partial charge >= 0.3 is 6.18 Å². The third kappa shape index (κ3) is 3.41. The van der Waals surface area contributed by atoms with Crippen molar-refractivity contribution in [1.29, 1.82) is 0 Å². The molecule has 2 rings (SSSR count). The zero-order valence-electron chi connectivity index (χ0n) is 9.63. The third-order valence-corrected chi connectivity index (χ3v) is 3.02. The van der Waals surface area contributed by atoms with Crippen LogP contribution in [0.1, 0.15) is 5.56 Å². The molecule has 0 aliphatic rings. The summed E-state index contributed by atoms with van der Waals surface area (Å²) >= 11 is 3.29. The Bertz CT molecular complexity index is 579. The van der Waals surface area contributed by atoms with E-state index in [1.807, 2.05) is 0 Å². The number of hydrogen-bond acceptors (Lipinski definition) is 2. The Balaban J connectivity index is 2.29. The van der Waals surface area contributed by atoms with Gasteiger partial charge in [-0.2, -0.15) is 13.2 Å². The van der Waals surface area contributed by atoms with Gasteiger partial charge in [-0.05, 0) is 42.5 Å². The van der Waals surface area contributed by atoms with E-state index in [2.05, 4.69) is 21.2 Å². The SMILES string of the molecule is Nc1ccc(Nc2ccc(Br)cc2)cc1C(F)(F)F. The van der Waals surface area contributed by atoms with E-state index in [1.165, 1.54) is 12.1 Å². The summed E-state index contributed by atoms with van der Waals surface area (Å²) in [6.45, 7) is 0. The van der Waals surface area contributed by atoms with Gasteiger partial charge < -0.3 is 11.1 Å². The number of hydrogen-bond donors (Lipinski definition) is 2. The van der Waals surface area contributed by atoms with Crippen LogP contribution in [0, 0.1) is 0 Å².